The average Bonchev–Trinajstić information content (AvgIpc) is 3.73. The van der Waals surface area contributed by atoms with Crippen LogP contribution in [0.15, 0.2) is 42.6 Å². The van der Waals surface area contributed by atoms with Gasteiger partial charge in [0.2, 0.25) is 0 Å². The fourth-order valence-electron chi connectivity index (χ4n) is 8.16. The predicted molar refractivity (Wildman–Crippen MR) is 168 cm³/mol. The highest BCUT2D eigenvalue weighted by Crippen LogP contribution is 2.40. The zero-order chi connectivity index (χ0) is 32.3. The number of anilines is 1. The topological polar surface area (TPSA) is 113 Å². The Morgan fingerprint density at radius 1 is 0.979 bits per heavy atom. The quantitative estimate of drug-likeness (QED) is 0.269. The fourth-order valence-corrected chi connectivity index (χ4v) is 8.16. The molecule has 1 spiro atoms. The molecule has 0 radical (unpaired) electrons. The number of fused-ring (bicyclic) bond motifs is 3. The van der Waals surface area contributed by atoms with Gasteiger partial charge in [-0.2, -0.15) is 9.97 Å². The number of hydrogen-bond donors (Lipinski definition) is 2. The van der Waals surface area contributed by atoms with Crippen molar-refractivity contribution in [2.45, 2.75) is 62.4 Å². The van der Waals surface area contributed by atoms with Gasteiger partial charge in [0.15, 0.2) is 5.82 Å². The van der Waals surface area contributed by atoms with Crippen molar-refractivity contribution in [3.8, 4) is 6.01 Å². The summed E-state index contributed by atoms with van der Waals surface area (Å²) in [7, 11) is 0. The summed E-state index contributed by atoms with van der Waals surface area (Å²) in [5.74, 6) is -0.746. The molecule has 0 saturated carbocycles. The lowest BCUT2D eigenvalue weighted by atomic mass is 9.89. The molecule has 4 aliphatic rings. The Morgan fingerprint density at radius 3 is 2.49 bits per heavy atom. The Hall–Kier alpha value is -4.52. The zero-order valence-electron chi connectivity index (χ0n) is 25.7. The van der Waals surface area contributed by atoms with Crippen molar-refractivity contribution in [3.05, 3.63) is 65.2 Å². The van der Waals surface area contributed by atoms with Crippen LogP contribution in [0.1, 0.15) is 61.8 Å². The lowest BCUT2D eigenvalue weighted by Crippen LogP contribution is -2.58. The van der Waals surface area contributed by atoms with E-state index in [1.54, 1.807) is 30.3 Å². The minimum atomic E-state index is -2.70. The highest BCUT2D eigenvalue weighted by atomic mass is 19.3. The Morgan fingerprint density at radius 2 is 1.74 bits per heavy atom. The highest BCUT2D eigenvalue weighted by molar-refractivity contribution is 6.07. The summed E-state index contributed by atoms with van der Waals surface area (Å²) in [5.41, 5.74) is -0.775. The van der Waals surface area contributed by atoms with Gasteiger partial charge in [-0.3, -0.25) is 20.0 Å². The molecule has 6 heterocycles. The van der Waals surface area contributed by atoms with Crippen molar-refractivity contribution in [2.75, 3.05) is 37.7 Å². The number of rotatable bonds is 7. The Labute approximate surface area is 268 Å². The summed E-state index contributed by atoms with van der Waals surface area (Å²) in [6.45, 7) is 3.03. The summed E-state index contributed by atoms with van der Waals surface area (Å²) in [6.07, 6.45) is 3.98. The van der Waals surface area contributed by atoms with Crippen LogP contribution in [0.5, 0.6) is 6.01 Å². The normalized spacial score (nSPS) is 22.4. The van der Waals surface area contributed by atoms with Crippen LogP contribution in [0.4, 0.5) is 23.8 Å². The molecule has 1 unspecified atom stereocenters. The maximum Gasteiger partial charge on any atom is 0.322 e. The van der Waals surface area contributed by atoms with Gasteiger partial charge in [-0.05, 0) is 68.0 Å². The number of imide groups is 1. The molecule has 4 aromatic rings. The van der Waals surface area contributed by atoms with E-state index in [1.807, 2.05) is 4.90 Å². The lowest BCUT2D eigenvalue weighted by molar-refractivity contribution is -0.124. The summed E-state index contributed by atoms with van der Waals surface area (Å²) in [4.78, 5) is 43.0. The number of alkyl halides is 2. The van der Waals surface area contributed by atoms with Gasteiger partial charge in [0.25, 0.3) is 12.3 Å². The van der Waals surface area contributed by atoms with Crippen LogP contribution in [-0.4, -0.2) is 75.7 Å². The number of benzene rings is 2. The Balaban J connectivity index is 1.21. The third-order valence-electron chi connectivity index (χ3n) is 10.4. The number of aromatic nitrogens is 3. The molecule has 4 saturated heterocycles. The first-order valence-electron chi connectivity index (χ1n) is 16.2. The summed E-state index contributed by atoms with van der Waals surface area (Å²) < 4.78 is 50.9. The predicted octanol–water partition coefficient (Wildman–Crippen LogP) is 5.03. The maximum absolute atomic E-state index is 16.6. The van der Waals surface area contributed by atoms with Crippen molar-refractivity contribution < 1.29 is 27.5 Å². The summed E-state index contributed by atoms with van der Waals surface area (Å²) in [6, 6.07) is 9.42. The number of piperidine rings is 1. The monoisotopic (exact) mass is 645 g/mol. The minimum absolute atomic E-state index is 0.00366. The molecule has 4 fully saturated rings. The second-order valence-electron chi connectivity index (χ2n) is 13.2. The van der Waals surface area contributed by atoms with Gasteiger partial charge >= 0.3 is 12.0 Å². The highest BCUT2D eigenvalue weighted by Gasteiger charge is 2.49. The molecule has 244 valence electrons. The van der Waals surface area contributed by atoms with Crippen molar-refractivity contribution >= 4 is 39.4 Å². The van der Waals surface area contributed by atoms with Crippen LogP contribution in [0, 0.1) is 5.82 Å². The first-order chi connectivity index (χ1) is 22.8. The molecule has 47 heavy (non-hydrogen) atoms. The first kappa shape index (κ1) is 29.9. The number of urea groups is 1. The van der Waals surface area contributed by atoms with E-state index < -0.39 is 29.7 Å². The van der Waals surface area contributed by atoms with E-state index in [0.29, 0.717) is 53.5 Å². The number of halogens is 3. The van der Waals surface area contributed by atoms with E-state index in [4.69, 9.17) is 9.72 Å². The van der Waals surface area contributed by atoms with Crippen molar-refractivity contribution in [3.63, 3.8) is 0 Å². The molecule has 0 aliphatic carbocycles. The second kappa shape index (κ2) is 11.3. The number of carbonyl (C=O) groups is 2. The lowest BCUT2D eigenvalue weighted by Gasteiger charge is -2.39. The molecule has 3 amide bonds. The Kier molecular flexibility index (Phi) is 7.19. The van der Waals surface area contributed by atoms with E-state index in [9.17, 15) is 18.4 Å². The molecule has 0 bridgehead atoms. The molecule has 2 aromatic carbocycles. The molecule has 10 nitrogen and oxygen atoms in total. The molecule has 8 rings (SSSR count). The summed E-state index contributed by atoms with van der Waals surface area (Å²) >= 11 is 0. The number of ether oxygens (including phenoxy) is 1. The number of pyridine rings is 1. The van der Waals surface area contributed by atoms with Crippen LogP contribution in [-0.2, 0) is 11.2 Å². The van der Waals surface area contributed by atoms with Crippen molar-refractivity contribution in [1.82, 2.24) is 30.5 Å². The van der Waals surface area contributed by atoms with Gasteiger partial charge in [-0.25, -0.2) is 18.0 Å². The maximum atomic E-state index is 16.6. The van der Waals surface area contributed by atoms with Gasteiger partial charge in [0, 0.05) is 24.7 Å². The molecule has 2 N–H and O–H groups in total. The second-order valence-corrected chi connectivity index (χ2v) is 13.2. The van der Waals surface area contributed by atoms with Gasteiger partial charge < -0.3 is 15.0 Å². The van der Waals surface area contributed by atoms with Crippen LogP contribution in [0.3, 0.4) is 0 Å². The van der Waals surface area contributed by atoms with Crippen LogP contribution in [0.25, 0.3) is 21.7 Å². The molecular formula is C34H34F3N7O3. The van der Waals surface area contributed by atoms with E-state index in [0.717, 1.165) is 38.8 Å². The van der Waals surface area contributed by atoms with Gasteiger partial charge in [-0.1, -0.05) is 36.4 Å². The van der Waals surface area contributed by atoms with E-state index >= 15 is 4.39 Å². The standard InChI is InChI=1S/C34H34F3N7O3/c35-26-24(16-21-8-1-6-20-7-2-9-22(25(20)21)28(36)37)38-17-23-27(26)39-32(47-19-33-10-3-14-44(33)15-4-11-33)40-29(23)43-13-5-12-34(18-43)30(45)41-31(46)42-34/h1-2,6-9,17,28H,3-5,10-16,18-19H2,(H2,41,42,45,46). The summed E-state index contributed by atoms with van der Waals surface area (Å²) in [5, 5.41) is 6.46. The van der Waals surface area contributed by atoms with Crippen molar-refractivity contribution in [1.29, 1.82) is 0 Å². The van der Waals surface area contributed by atoms with Crippen molar-refractivity contribution in [2.24, 2.45) is 0 Å². The molecule has 13 heteroatoms. The number of amides is 3. The van der Waals surface area contributed by atoms with Crippen LogP contribution < -0.4 is 20.3 Å². The molecule has 2 aromatic heterocycles. The smallest absolute Gasteiger partial charge is 0.322 e. The van der Waals surface area contributed by atoms with E-state index in [2.05, 4.69) is 25.5 Å². The SMILES string of the molecule is O=C1NC(=O)C2(CCCN(c3nc(OCC45CCCN4CCC5)nc4c(F)c(Cc5cccc6cccc(C(F)F)c56)ncc34)C2)N1. The molecular weight excluding hydrogens is 611 g/mol. The number of nitrogens with zero attached hydrogens (tertiary/aromatic N) is 5. The number of carbonyl (C=O) groups excluding carboxylic acids is 2. The van der Waals surface area contributed by atoms with Crippen LogP contribution >= 0.6 is 0 Å². The molecule has 1 atom stereocenters. The van der Waals surface area contributed by atoms with E-state index in [-0.39, 0.29) is 41.3 Å². The minimum Gasteiger partial charge on any atom is -0.461 e. The van der Waals surface area contributed by atoms with Gasteiger partial charge in [0.05, 0.1) is 23.2 Å². The third kappa shape index (κ3) is 5.02. The van der Waals surface area contributed by atoms with Gasteiger partial charge in [-0.15, -0.1) is 0 Å². The van der Waals surface area contributed by atoms with Crippen LogP contribution in [0.2, 0.25) is 0 Å². The van der Waals surface area contributed by atoms with E-state index in [1.165, 1.54) is 12.3 Å². The fraction of sp³-hybridized carbons (Fsp3) is 0.441. The number of nitrogens with one attached hydrogen (secondary N) is 2. The third-order valence-corrected chi connectivity index (χ3v) is 10.4. The largest absolute Gasteiger partial charge is 0.461 e. The Bertz CT molecular complexity index is 1910. The average molecular weight is 646 g/mol. The zero-order valence-corrected chi connectivity index (χ0v) is 25.7. The van der Waals surface area contributed by atoms with Gasteiger partial charge in [0.1, 0.15) is 23.5 Å². The molecule has 4 aliphatic heterocycles. The number of hydrogen-bond acceptors (Lipinski definition) is 8. The first-order valence-corrected chi connectivity index (χ1v) is 16.2.